The predicted molar refractivity (Wildman–Crippen MR) is 141 cm³/mol. The van der Waals surface area contributed by atoms with Gasteiger partial charge in [-0.3, -0.25) is 4.79 Å². The van der Waals surface area contributed by atoms with Crippen molar-refractivity contribution in [2.75, 3.05) is 6.61 Å². The van der Waals surface area contributed by atoms with E-state index in [1.165, 1.54) is 11.1 Å². The normalized spacial score (nSPS) is 14.7. The molecule has 0 amide bonds. The van der Waals surface area contributed by atoms with Crippen LogP contribution in [0.25, 0.3) is 10.9 Å². The van der Waals surface area contributed by atoms with Crippen LogP contribution >= 0.6 is 27.5 Å². The number of benzene rings is 2. The number of hydrogen-bond acceptors (Lipinski definition) is 6. The van der Waals surface area contributed by atoms with E-state index in [1.54, 1.807) is 44.3 Å². The molecule has 1 aliphatic carbocycles. The Kier molecular flexibility index (Phi) is 8.23. The van der Waals surface area contributed by atoms with Crippen LogP contribution in [0.4, 0.5) is 0 Å². The first-order valence-corrected chi connectivity index (χ1v) is 12.9. The number of carbonyl (C=O) groups excluding carboxylic acids is 1. The Bertz CT molecular complexity index is 1320. The van der Waals surface area contributed by atoms with Crippen molar-refractivity contribution in [3.63, 3.8) is 0 Å². The SMILES string of the molecule is CC(C)OC(=O)COc1ccc(C=Nn2c(C3CCCCC3)nc3ccc(Br)cc3c2=O)cc1Cl. The maximum Gasteiger partial charge on any atom is 0.344 e. The number of aromatic nitrogens is 2. The standard InChI is InChI=1S/C26H27BrClN3O4/c1-16(2)35-24(32)15-34-23-11-8-17(12-21(23)28)14-29-31-25(18-6-4-3-5-7-18)30-22-10-9-19(27)13-20(22)26(31)33/h8-14,16,18H,3-7,15H2,1-2H3. The maximum atomic E-state index is 13.4. The Morgan fingerprint density at radius 1 is 1.23 bits per heavy atom. The van der Waals surface area contributed by atoms with Crippen molar-refractivity contribution >= 4 is 50.6 Å². The first kappa shape index (κ1) is 25.4. The number of carbonyl (C=O) groups is 1. The molecule has 0 spiro atoms. The Labute approximate surface area is 217 Å². The lowest BCUT2D eigenvalue weighted by atomic mass is 9.88. The second kappa shape index (κ2) is 11.4. The second-order valence-corrected chi connectivity index (χ2v) is 10.2. The zero-order valence-corrected chi connectivity index (χ0v) is 22.0. The molecule has 1 fully saturated rings. The highest BCUT2D eigenvalue weighted by Gasteiger charge is 2.22. The lowest BCUT2D eigenvalue weighted by Crippen LogP contribution is -2.25. The van der Waals surface area contributed by atoms with Gasteiger partial charge in [0.05, 0.1) is 28.2 Å². The number of ether oxygens (including phenoxy) is 2. The third-order valence-corrected chi connectivity index (χ3v) is 6.58. The van der Waals surface area contributed by atoms with Crippen LogP contribution in [0.15, 0.2) is 50.8 Å². The third kappa shape index (κ3) is 6.30. The number of fused-ring (bicyclic) bond motifs is 1. The Morgan fingerprint density at radius 2 is 2.00 bits per heavy atom. The van der Waals surface area contributed by atoms with Gasteiger partial charge < -0.3 is 9.47 Å². The van der Waals surface area contributed by atoms with Gasteiger partial charge in [-0.15, -0.1) is 0 Å². The van der Waals surface area contributed by atoms with E-state index in [0.717, 1.165) is 30.2 Å². The van der Waals surface area contributed by atoms with Crippen LogP contribution in [0.1, 0.15) is 63.3 Å². The molecule has 184 valence electrons. The maximum absolute atomic E-state index is 13.4. The average molecular weight is 561 g/mol. The Balaban J connectivity index is 1.63. The minimum Gasteiger partial charge on any atom is -0.480 e. The van der Waals surface area contributed by atoms with E-state index in [1.807, 2.05) is 12.1 Å². The fourth-order valence-corrected chi connectivity index (χ4v) is 4.78. The van der Waals surface area contributed by atoms with Crippen LogP contribution in [0.3, 0.4) is 0 Å². The molecule has 0 aliphatic heterocycles. The number of nitrogens with zero attached hydrogens (tertiary/aromatic N) is 3. The molecule has 0 saturated heterocycles. The largest absolute Gasteiger partial charge is 0.480 e. The van der Waals surface area contributed by atoms with E-state index in [0.29, 0.717) is 33.1 Å². The van der Waals surface area contributed by atoms with Crippen molar-refractivity contribution in [1.82, 2.24) is 9.66 Å². The molecular weight excluding hydrogens is 534 g/mol. The number of rotatable bonds is 7. The van der Waals surface area contributed by atoms with Crippen LogP contribution in [0, 0.1) is 0 Å². The van der Waals surface area contributed by atoms with Crippen molar-refractivity contribution < 1.29 is 14.3 Å². The number of halogens is 2. The zero-order valence-electron chi connectivity index (χ0n) is 19.7. The van der Waals surface area contributed by atoms with Crippen LogP contribution in [0.2, 0.25) is 5.02 Å². The first-order valence-electron chi connectivity index (χ1n) is 11.7. The summed E-state index contributed by atoms with van der Waals surface area (Å²) < 4.78 is 12.8. The molecule has 2 aromatic carbocycles. The lowest BCUT2D eigenvalue weighted by Gasteiger charge is -2.22. The molecule has 1 aromatic heterocycles. The molecule has 0 radical (unpaired) electrons. The van der Waals surface area contributed by atoms with Crippen molar-refractivity contribution in [3.8, 4) is 5.75 Å². The molecule has 9 heteroatoms. The summed E-state index contributed by atoms with van der Waals surface area (Å²) in [5, 5.41) is 5.37. The van der Waals surface area contributed by atoms with E-state index in [2.05, 4.69) is 21.0 Å². The number of esters is 1. The highest BCUT2D eigenvalue weighted by Crippen LogP contribution is 2.32. The van der Waals surface area contributed by atoms with E-state index in [9.17, 15) is 9.59 Å². The molecule has 4 rings (SSSR count). The van der Waals surface area contributed by atoms with Crippen molar-refractivity contribution in [1.29, 1.82) is 0 Å². The summed E-state index contributed by atoms with van der Waals surface area (Å²) in [6, 6.07) is 10.6. The van der Waals surface area contributed by atoms with Gasteiger partial charge in [0.25, 0.3) is 5.56 Å². The van der Waals surface area contributed by atoms with E-state index < -0.39 is 5.97 Å². The van der Waals surface area contributed by atoms with Crippen molar-refractivity contribution in [2.24, 2.45) is 5.10 Å². The molecule has 3 aromatic rings. The summed E-state index contributed by atoms with van der Waals surface area (Å²) in [6.07, 6.45) is 6.78. The summed E-state index contributed by atoms with van der Waals surface area (Å²) in [4.78, 5) is 30.0. The fraction of sp³-hybridized carbons (Fsp3) is 0.385. The van der Waals surface area contributed by atoms with Crippen LogP contribution in [-0.4, -0.2) is 34.6 Å². The minimum atomic E-state index is -0.466. The van der Waals surface area contributed by atoms with Gasteiger partial charge in [-0.2, -0.15) is 9.78 Å². The molecule has 0 unspecified atom stereocenters. The van der Waals surface area contributed by atoms with Gasteiger partial charge in [-0.05, 0) is 68.7 Å². The van der Waals surface area contributed by atoms with Crippen molar-refractivity contribution in [2.45, 2.75) is 58.0 Å². The van der Waals surface area contributed by atoms with Gasteiger partial charge in [0.2, 0.25) is 0 Å². The fourth-order valence-electron chi connectivity index (χ4n) is 4.18. The quantitative estimate of drug-likeness (QED) is 0.259. The van der Waals surface area contributed by atoms with Gasteiger partial charge in [0.15, 0.2) is 6.61 Å². The topological polar surface area (TPSA) is 82.8 Å². The lowest BCUT2D eigenvalue weighted by molar-refractivity contribution is -0.149. The molecule has 0 atom stereocenters. The summed E-state index contributed by atoms with van der Waals surface area (Å²) in [5.74, 6) is 0.774. The average Bonchev–Trinajstić information content (AvgIpc) is 2.83. The van der Waals surface area contributed by atoms with Gasteiger partial charge >= 0.3 is 5.97 Å². The molecule has 0 bridgehead atoms. The van der Waals surface area contributed by atoms with Gasteiger partial charge in [0.1, 0.15) is 11.6 Å². The molecule has 35 heavy (non-hydrogen) atoms. The third-order valence-electron chi connectivity index (χ3n) is 5.79. The molecule has 1 saturated carbocycles. The highest BCUT2D eigenvalue weighted by atomic mass is 79.9. The second-order valence-electron chi connectivity index (χ2n) is 8.85. The summed E-state index contributed by atoms with van der Waals surface area (Å²) in [5.41, 5.74) is 1.15. The van der Waals surface area contributed by atoms with Gasteiger partial charge in [-0.1, -0.05) is 46.8 Å². The highest BCUT2D eigenvalue weighted by molar-refractivity contribution is 9.10. The van der Waals surface area contributed by atoms with E-state index in [-0.39, 0.29) is 24.2 Å². The van der Waals surface area contributed by atoms with Crippen LogP contribution in [0.5, 0.6) is 5.75 Å². The summed E-state index contributed by atoms with van der Waals surface area (Å²) in [7, 11) is 0. The monoisotopic (exact) mass is 559 g/mol. The molecule has 0 N–H and O–H groups in total. The van der Waals surface area contributed by atoms with Gasteiger partial charge in [0, 0.05) is 10.4 Å². The first-order chi connectivity index (χ1) is 16.8. The Morgan fingerprint density at radius 3 is 2.71 bits per heavy atom. The van der Waals surface area contributed by atoms with Crippen molar-refractivity contribution in [3.05, 3.63) is 67.6 Å². The van der Waals surface area contributed by atoms with Crippen LogP contribution < -0.4 is 10.3 Å². The van der Waals surface area contributed by atoms with Crippen LogP contribution in [-0.2, 0) is 9.53 Å². The predicted octanol–water partition coefficient (Wildman–Crippen LogP) is 6.07. The summed E-state index contributed by atoms with van der Waals surface area (Å²) in [6.45, 7) is 3.31. The zero-order chi connectivity index (χ0) is 24.9. The van der Waals surface area contributed by atoms with Gasteiger partial charge in [-0.25, -0.2) is 9.78 Å². The molecule has 1 heterocycles. The molecule has 7 nitrogen and oxygen atoms in total. The van der Waals surface area contributed by atoms with E-state index in [4.69, 9.17) is 26.1 Å². The van der Waals surface area contributed by atoms with E-state index >= 15 is 0 Å². The Hall–Kier alpha value is -2.71. The number of hydrogen-bond donors (Lipinski definition) is 0. The minimum absolute atomic E-state index is 0.187. The smallest absolute Gasteiger partial charge is 0.344 e. The summed E-state index contributed by atoms with van der Waals surface area (Å²) >= 11 is 9.80. The molecule has 1 aliphatic rings. The molecular formula is C26H27BrClN3O4.